The summed E-state index contributed by atoms with van der Waals surface area (Å²) < 4.78 is 5.74. The molecule has 30 heavy (non-hydrogen) atoms. The maximum absolute atomic E-state index is 14.3. The number of hydrogen-bond donors (Lipinski definition) is 1. The predicted molar refractivity (Wildman–Crippen MR) is 112 cm³/mol. The molecule has 6 nitrogen and oxygen atoms in total. The lowest BCUT2D eigenvalue weighted by Gasteiger charge is -2.41. The summed E-state index contributed by atoms with van der Waals surface area (Å²) in [6.45, 7) is 7.92. The fraction of sp³-hybridized carbons (Fsp3) is 0.375. The number of ether oxygens (including phenoxy) is 1. The molecule has 0 bridgehead atoms. The zero-order valence-corrected chi connectivity index (χ0v) is 17.5. The number of fused-ring (bicyclic) bond motifs is 2. The Hall–Kier alpha value is -3.33. The van der Waals surface area contributed by atoms with Crippen molar-refractivity contribution in [3.8, 4) is 6.07 Å². The molecular weight excluding hydrogens is 378 g/mol. The van der Waals surface area contributed by atoms with Gasteiger partial charge in [-0.1, -0.05) is 17.7 Å². The number of carbonyl (C=O) groups excluding carboxylic acids is 2. The third-order valence-corrected chi connectivity index (χ3v) is 6.68. The molecule has 6 heteroatoms. The van der Waals surface area contributed by atoms with Gasteiger partial charge in [-0.2, -0.15) is 5.26 Å². The first-order valence-electron chi connectivity index (χ1n) is 10.2. The van der Waals surface area contributed by atoms with Crippen LogP contribution >= 0.6 is 0 Å². The minimum Gasteiger partial charge on any atom is -0.444 e. The van der Waals surface area contributed by atoms with Crippen molar-refractivity contribution in [1.29, 1.82) is 5.26 Å². The smallest absolute Gasteiger partial charge is 0.248 e. The lowest BCUT2D eigenvalue weighted by molar-refractivity contribution is -0.125. The van der Waals surface area contributed by atoms with Gasteiger partial charge in [0.25, 0.3) is 0 Å². The first-order valence-corrected chi connectivity index (χ1v) is 10.2. The molecule has 152 valence electrons. The van der Waals surface area contributed by atoms with E-state index in [0.717, 1.165) is 22.4 Å². The van der Waals surface area contributed by atoms with Crippen LogP contribution in [0.3, 0.4) is 0 Å². The van der Waals surface area contributed by atoms with Crippen molar-refractivity contribution >= 4 is 23.0 Å². The second kappa shape index (κ2) is 5.63. The number of benzene rings is 1. The number of nitrogens with two attached hydrogens (primary N) is 1. The molecule has 1 atom stereocenters. The number of amides is 1. The van der Waals surface area contributed by atoms with Gasteiger partial charge in [-0.3, -0.25) is 9.59 Å². The van der Waals surface area contributed by atoms with Crippen LogP contribution in [0.5, 0.6) is 0 Å². The van der Waals surface area contributed by atoms with Crippen LogP contribution in [-0.2, 0) is 19.7 Å². The summed E-state index contributed by atoms with van der Waals surface area (Å²) >= 11 is 0. The van der Waals surface area contributed by atoms with Crippen molar-refractivity contribution in [3.05, 3.63) is 57.7 Å². The van der Waals surface area contributed by atoms with Crippen LogP contribution in [0.25, 0.3) is 5.57 Å². The van der Waals surface area contributed by atoms with E-state index in [1.54, 1.807) is 4.90 Å². The van der Waals surface area contributed by atoms with Crippen LogP contribution < -0.4 is 10.6 Å². The van der Waals surface area contributed by atoms with Crippen molar-refractivity contribution in [3.63, 3.8) is 0 Å². The number of rotatable bonds is 0. The van der Waals surface area contributed by atoms with Crippen LogP contribution in [-0.4, -0.2) is 17.2 Å². The van der Waals surface area contributed by atoms with E-state index in [9.17, 15) is 14.9 Å². The van der Waals surface area contributed by atoms with Gasteiger partial charge >= 0.3 is 0 Å². The molecule has 0 radical (unpaired) electrons. The minimum atomic E-state index is -1.55. The summed E-state index contributed by atoms with van der Waals surface area (Å²) in [6.07, 6.45) is 3.54. The number of anilines is 1. The topological polar surface area (TPSA) is 96.4 Å². The zero-order chi connectivity index (χ0) is 21.6. The molecule has 1 aromatic rings. The molecule has 1 amide bonds. The predicted octanol–water partition coefficient (Wildman–Crippen LogP) is 3.51. The van der Waals surface area contributed by atoms with Gasteiger partial charge in [0.1, 0.15) is 22.8 Å². The molecule has 1 spiro atoms. The van der Waals surface area contributed by atoms with Crippen LogP contribution in [0.2, 0.25) is 0 Å². The number of allylic oxidation sites excluding steroid dienone is 2. The van der Waals surface area contributed by atoms with Gasteiger partial charge in [0.05, 0.1) is 16.8 Å². The number of hydrogen-bond acceptors (Lipinski definition) is 5. The van der Waals surface area contributed by atoms with Gasteiger partial charge in [-0.05, 0) is 45.8 Å². The van der Waals surface area contributed by atoms with Crippen molar-refractivity contribution in [2.45, 2.75) is 57.9 Å². The van der Waals surface area contributed by atoms with E-state index in [-0.39, 0.29) is 23.1 Å². The van der Waals surface area contributed by atoms with Gasteiger partial charge in [0.15, 0.2) is 5.78 Å². The monoisotopic (exact) mass is 401 g/mol. The molecule has 5 rings (SSSR count). The lowest BCUT2D eigenvalue weighted by Crippen LogP contribution is -2.54. The Morgan fingerprint density at radius 1 is 1.20 bits per heavy atom. The van der Waals surface area contributed by atoms with Gasteiger partial charge in [0.2, 0.25) is 11.8 Å². The van der Waals surface area contributed by atoms with Crippen LogP contribution in [0.15, 0.2) is 41.0 Å². The van der Waals surface area contributed by atoms with E-state index in [4.69, 9.17) is 10.5 Å². The highest BCUT2D eigenvalue weighted by molar-refractivity contribution is 6.22. The second-order valence-electron chi connectivity index (χ2n) is 9.11. The van der Waals surface area contributed by atoms with Gasteiger partial charge < -0.3 is 15.4 Å². The SMILES string of the molecule is CC1=CC(C)(C)N2C(=O)[C@]3(C(C#N)=C(N)OC4=C3C(=O)CCC4)c3cc(C)cc1c32. The van der Waals surface area contributed by atoms with Crippen molar-refractivity contribution in [1.82, 2.24) is 0 Å². The van der Waals surface area contributed by atoms with Crippen molar-refractivity contribution in [2.24, 2.45) is 5.73 Å². The molecule has 1 aliphatic carbocycles. The number of aryl methyl sites for hydroxylation is 1. The average molecular weight is 401 g/mol. The Morgan fingerprint density at radius 2 is 1.93 bits per heavy atom. The normalized spacial score (nSPS) is 26.4. The summed E-state index contributed by atoms with van der Waals surface area (Å²) in [4.78, 5) is 29.3. The van der Waals surface area contributed by atoms with Crippen molar-refractivity contribution < 1.29 is 14.3 Å². The van der Waals surface area contributed by atoms with E-state index >= 15 is 0 Å². The molecule has 0 aromatic heterocycles. The molecule has 3 heterocycles. The summed E-state index contributed by atoms with van der Waals surface area (Å²) in [7, 11) is 0. The van der Waals surface area contributed by atoms with Crippen LogP contribution in [0.4, 0.5) is 5.69 Å². The molecule has 0 saturated heterocycles. The third kappa shape index (κ3) is 1.97. The van der Waals surface area contributed by atoms with Gasteiger partial charge in [-0.15, -0.1) is 0 Å². The van der Waals surface area contributed by atoms with Crippen LogP contribution in [0, 0.1) is 18.3 Å². The molecule has 2 N–H and O–H groups in total. The van der Waals surface area contributed by atoms with Crippen molar-refractivity contribution in [2.75, 3.05) is 4.90 Å². The maximum Gasteiger partial charge on any atom is 0.248 e. The lowest BCUT2D eigenvalue weighted by atomic mass is 9.64. The first-order chi connectivity index (χ1) is 14.1. The summed E-state index contributed by atoms with van der Waals surface area (Å²) in [5.74, 6) is -0.114. The summed E-state index contributed by atoms with van der Waals surface area (Å²) in [5, 5.41) is 10.1. The second-order valence-corrected chi connectivity index (χ2v) is 9.11. The Bertz CT molecular complexity index is 1210. The molecule has 0 fully saturated rings. The fourth-order valence-corrected chi connectivity index (χ4v) is 5.66. The number of nitrogens with zero attached hydrogens (tertiary/aromatic N) is 2. The van der Waals surface area contributed by atoms with Crippen LogP contribution in [0.1, 0.15) is 56.7 Å². The average Bonchev–Trinajstić information content (AvgIpc) is 2.90. The molecule has 0 unspecified atom stereocenters. The van der Waals surface area contributed by atoms with Gasteiger partial charge in [-0.25, -0.2) is 0 Å². The number of ketones is 1. The Kier molecular flexibility index (Phi) is 3.51. The quantitative estimate of drug-likeness (QED) is 0.718. The molecular formula is C24H23N3O3. The zero-order valence-electron chi connectivity index (χ0n) is 17.5. The fourth-order valence-electron chi connectivity index (χ4n) is 5.66. The Morgan fingerprint density at radius 3 is 2.63 bits per heavy atom. The highest BCUT2D eigenvalue weighted by Gasteiger charge is 2.64. The number of carbonyl (C=O) groups is 2. The Balaban J connectivity index is 1.98. The van der Waals surface area contributed by atoms with Gasteiger partial charge in [0, 0.05) is 24.0 Å². The molecule has 0 saturated carbocycles. The van der Waals surface area contributed by atoms with E-state index < -0.39 is 11.0 Å². The largest absolute Gasteiger partial charge is 0.444 e. The Labute approximate surface area is 175 Å². The number of Topliss-reactive ketones (excluding diaryl/α,β-unsaturated/α-hetero) is 1. The first kappa shape index (κ1) is 18.7. The highest BCUT2D eigenvalue weighted by atomic mass is 16.5. The molecule has 4 aliphatic rings. The third-order valence-electron chi connectivity index (χ3n) is 6.68. The van der Waals surface area contributed by atoms with E-state index in [1.165, 1.54) is 0 Å². The molecule has 1 aromatic carbocycles. The summed E-state index contributed by atoms with van der Waals surface area (Å²) in [6, 6.07) is 6.11. The number of nitriles is 1. The summed E-state index contributed by atoms with van der Waals surface area (Å²) in [5.41, 5.74) is 8.73. The van der Waals surface area contributed by atoms with E-state index in [1.807, 2.05) is 33.8 Å². The highest BCUT2D eigenvalue weighted by Crippen LogP contribution is 2.60. The minimum absolute atomic E-state index is 0.0113. The van der Waals surface area contributed by atoms with E-state index in [0.29, 0.717) is 36.2 Å². The maximum atomic E-state index is 14.3. The van der Waals surface area contributed by atoms with E-state index in [2.05, 4.69) is 18.2 Å². The molecule has 3 aliphatic heterocycles. The standard InChI is InChI=1S/C24H23N3O3/c1-12-8-14-13(2)10-23(3,4)27-20(14)15(9-12)24(22(27)29)16(11-25)21(26)30-18-7-5-6-17(28)19(18)24/h8-10H,5-7,26H2,1-4H3/t24-/m0/s1.